The highest BCUT2D eigenvalue weighted by Gasteiger charge is 2.30. The molecule has 16 heavy (non-hydrogen) atoms. The van der Waals surface area contributed by atoms with Gasteiger partial charge in [-0.3, -0.25) is 9.58 Å². The molecule has 1 saturated carbocycles. The molecule has 2 N–H and O–H groups in total. The zero-order valence-electron chi connectivity index (χ0n) is 10.1. The van der Waals surface area contributed by atoms with Gasteiger partial charge in [0.2, 0.25) is 0 Å². The lowest BCUT2D eigenvalue weighted by Crippen LogP contribution is -2.30. The Morgan fingerprint density at radius 1 is 1.62 bits per heavy atom. The molecule has 0 spiro atoms. The largest absolute Gasteiger partial charge is 0.329 e. The molecule has 0 aromatic carbocycles. The first-order chi connectivity index (χ1) is 7.70. The minimum absolute atomic E-state index is 0.608. The van der Waals surface area contributed by atoms with Gasteiger partial charge in [0.05, 0.1) is 12.2 Å². The maximum atomic E-state index is 5.47. The van der Waals surface area contributed by atoms with Crippen LogP contribution in [0.4, 0.5) is 0 Å². The van der Waals surface area contributed by atoms with Crippen molar-refractivity contribution in [1.82, 2.24) is 19.9 Å². The molecular formula is C11H21N5. The van der Waals surface area contributed by atoms with Crippen molar-refractivity contribution in [2.45, 2.75) is 38.9 Å². The number of hydrogen-bond acceptors (Lipinski definition) is 4. The molecule has 90 valence electrons. The minimum atomic E-state index is 0.608. The second-order valence-corrected chi connectivity index (χ2v) is 4.75. The predicted molar refractivity (Wildman–Crippen MR) is 62.7 cm³/mol. The molecule has 1 fully saturated rings. The first-order valence-corrected chi connectivity index (χ1v) is 6.00. The van der Waals surface area contributed by atoms with E-state index in [0.717, 1.165) is 24.7 Å². The highest BCUT2D eigenvalue weighted by Crippen LogP contribution is 2.34. The molecule has 0 radical (unpaired) electrons. The van der Waals surface area contributed by atoms with E-state index in [4.69, 9.17) is 5.73 Å². The number of aromatic nitrogens is 3. The molecular weight excluding hydrogens is 202 g/mol. The van der Waals surface area contributed by atoms with Crippen LogP contribution in [0.25, 0.3) is 0 Å². The van der Waals surface area contributed by atoms with Gasteiger partial charge < -0.3 is 5.73 Å². The summed E-state index contributed by atoms with van der Waals surface area (Å²) < 4.78 is 1.81. The van der Waals surface area contributed by atoms with Crippen LogP contribution in [0.5, 0.6) is 0 Å². The van der Waals surface area contributed by atoms with E-state index >= 15 is 0 Å². The highest BCUT2D eigenvalue weighted by atomic mass is 15.4. The number of nitrogens with two attached hydrogens (primary N) is 1. The van der Waals surface area contributed by atoms with Crippen molar-refractivity contribution in [1.29, 1.82) is 0 Å². The third-order valence-corrected chi connectivity index (χ3v) is 3.36. The van der Waals surface area contributed by atoms with Gasteiger partial charge in [-0.15, -0.1) is 5.10 Å². The Morgan fingerprint density at radius 3 is 3.00 bits per heavy atom. The van der Waals surface area contributed by atoms with Gasteiger partial charge in [0.15, 0.2) is 0 Å². The smallest absolute Gasteiger partial charge is 0.0967 e. The van der Waals surface area contributed by atoms with E-state index in [1.807, 2.05) is 10.9 Å². The van der Waals surface area contributed by atoms with Crippen LogP contribution < -0.4 is 5.73 Å². The first-order valence-electron chi connectivity index (χ1n) is 6.00. The van der Waals surface area contributed by atoms with Gasteiger partial charge in [-0.25, -0.2) is 0 Å². The van der Waals surface area contributed by atoms with E-state index in [-0.39, 0.29) is 0 Å². The van der Waals surface area contributed by atoms with E-state index < -0.39 is 0 Å². The average molecular weight is 223 g/mol. The lowest BCUT2D eigenvalue weighted by molar-refractivity contribution is 0.224. The van der Waals surface area contributed by atoms with Crippen LogP contribution in [0, 0.1) is 5.92 Å². The summed E-state index contributed by atoms with van der Waals surface area (Å²) in [5.74, 6) is 0.893. The normalized spacial score (nSPS) is 18.0. The summed E-state index contributed by atoms with van der Waals surface area (Å²) in [6, 6.07) is 0.652. The Kier molecular flexibility index (Phi) is 3.56. The third kappa shape index (κ3) is 2.80. The van der Waals surface area contributed by atoms with Gasteiger partial charge in [-0.05, 0) is 32.7 Å². The Labute approximate surface area is 96.6 Å². The predicted octanol–water partition coefficient (Wildman–Crippen LogP) is 0.467. The molecule has 0 bridgehead atoms. The Hall–Kier alpha value is -0.940. The van der Waals surface area contributed by atoms with Crippen LogP contribution in [-0.4, -0.2) is 39.5 Å². The number of nitrogens with zero attached hydrogens (tertiary/aromatic N) is 4. The van der Waals surface area contributed by atoms with Crippen LogP contribution in [-0.2, 0) is 13.1 Å². The molecule has 5 heteroatoms. The molecule has 2 rings (SSSR count). The molecule has 1 aliphatic carbocycles. The van der Waals surface area contributed by atoms with Crippen molar-refractivity contribution in [3.8, 4) is 0 Å². The van der Waals surface area contributed by atoms with Crippen LogP contribution in [0.3, 0.4) is 0 Å². The van der Waals surface area contributed by atoms with Crippen LogP contribution in [0.1, 0.15) is 25.5 Å². The van der Waals surface area contributed by atoms with E-state index in [9.17, 15) is 0 Å². The second kappa shape index (κ2) is 4.93. The molecule has 0 amide bonds. The first kappa shape index (κ1) is 11.5. The minimum Gasteiger partial charge on any atom is -0.329 e. The SMILES string of the molecule is CC(C1CC1)N(C)Cc1cn(CCN)nn1. The van der Waals surface area contributed by atoms with E-state index in [0.29, 0.717) is 12.6 Å². The summed E-state index contributed by atoms with van der Waals surface area (Å²) in [6.45, 7) is 4.52. The van der Waals surface area contributed by atoms with E-state index in [2.05, 4.69) is 29.2 Å². The summed E-state index contributed by atoms with van der Waals surface area (Å²) in [6.07, 6.45) is 4.75. The van der Waals surface area contributed by atoms with Crippen molar-refractivity contribution >= 4 is 0 Å². The lowest BCUT2D eigenvalue weighted by atomic mass is 10.2. The van der Waals surface area contributed by atoms with Gasteiger partial charge in [-0.2, -0.15) is 0 Å². The molecule has 1 unspecified atom stereocenters. The maximum Gasteiger partial charge on any atom is 0.0967 e. The van der Waals surface area contributed by atoms with E-state index in [1.54, 1.807) is 0 Å². The molecule has 1 aromatic heterocycles. The highest BCUT2D eigenvalue weighted by molar-refractivity contribution is 4.94. The van der Waals surface area contributed by atoms with Crippen molar-refractivity contribution in [2.24, 2.45) is 11.7 Å². The lowest BCUT2D eigenvalue weighted by Gasteiger charge is -2.23. The monoisotopic (exact) mass is 223 g/mol. The zero-order valence-corrected chi connectivity index (χ0v) is 10.1. The fourth-order valence-electron chi connectivity index (χ4n) is 1.99. The zero-order chi connectivity index (χ0) is 11.5. The molecule has 1 aliphatic rings. The molecule has 0 saturated heterocycles. The summed E-state index contributed by atoms with van der Waals surface area (Å²) >= 11 is 0. The van der Waals surface area contributed by atoms with Gasteiger partial charge in [0.25, 0.3) is 0 Å². The van der Waals surface area contributed by atoms with Crippen LogP contribution >= 0.6 is 0 Å². The summed E-state index contributed by atoms with van der Waals surface area (Å²) in [7, 11) is 2.16. The fourth-order valence-corrected chi connectivity index (χ4v) is 1.99. The van der Waals surface area contributed by atoms with Crippen molar-refractivity contribution in [3.63, 3.8) is 0 Å². The van der Waals surface area contributed by atoms with Crippen LogP contribution in [0.15, 0.2) is 6.20 Å². The second-order valence-electron chi connectivity index (χ2n) is 4.75. The Morgan fingerprint density at radius 2 is 2.38 bits per heavy atom. The summed E-state index contributed by atoms with van der Waals surface area (Å²) in [5, 5.41) is 8.19. The van der Waals surface area contributed by atoms with Crippen LogP contribution in [0.2, 0.25) is 0 Å². The van der Waals surface area contributed by atoms with Crippen molar-refractivity contribution in [3.05, 3.63) is 11.9 Å². The van der Waals surface area contributed by atoms with Crippen molar-refractivity contribution in [2.75, 3.05) is 13.6 Å². The van der Waals surface area contributed by atoms with Gasteiger partial charge in [-0.1, -0.05) is 5.21 Å². The topological polar surface area (TPSA) is 60.0 Å². The van der Waals surface area contributed by atoms with E-state index in [1.165, 1.54) is 12.8 Å². The Bertz CT molecular complexity index is 331. The third-order valence-electron chi connectivity index (χ3n) is 3.36. The molecule has 0 aliphatic heterocycles. The van der Waals surface area contributed by atoms with Gasteiger partial charge >= 0.3 is 0 Å². The van der Waals surface area contributed by atoms with Gasteiger partial charge in [0.1, 0.15) is 0 Å². The maximum absolute atomic E-state index is 5.47. The molecule has 5 nitrogen and oxygen atoms in total. The summed E-state index contributed by atoms with van der Waals surface area (Å²) in [5.41, 5.74) is 6.50. The van der Waals surface area contributed by atoms with Gasteiger partial charge in [0, 0.05) is 25.3 Å². The fraction of sp³-hybridized carbons (Fsp3) is 0.818. The standard InChI is InChI=1S/C11H21N5/c1-9(10-3-4-10)15(2)7-11-8-16(6-5-12)14-13-11/h8-10H,3-7,12H2,1-2H3. The number of rotatable bonds is 6. The number of hydrogen-bond donors (Lipinski definition) is 1. The average Bonchev–Trinajstić information content (AvgIpc) is 3.02. The molecule has 1 atom stereocenters. The van der Waals surface area contributed by atoms with Crippen molar-refractivity contribution < 1.29 is 0 Å². The molecule has 1 aromatic rings. The quantitative estimate of drug-likeness (QED) is 0.761. The summed E-state index contributed by atoms with van der Waals surface area (Å²) in [4.78, 5) is 2.36. The molecule has 1 heterocycles. The Balaban J connectivity index is 1.86.